The summed E-state index contributed by atoms with van der Waals surface area (Å²) in [5.74, 6) is 0.109. The highest BCUT2D eigenvalue weighted by molar-refractivity contribution is 7.88. The number of nitrogens with zero attached hydrogens (tertiary/aromatic N) is 2. The van der Waals surface area contributed by atoms with Gasteiger partial charge in [0, 0.05) is 31.7 Å². The van der Waals surface area contributed by atoms with Crippen LogP contribution in [0.5, 0.6) is 0 Å². The molecule has 0 bridgehead atoms. The standard InChI is InChI=1S/C17H34N4O3S/c1-3-20-12-8-15(9-13-20)19-17(22)14-21-11-5-4-6-16(21)7-10-18-25(2,23)24/h15-16,18H,3-14H2,1-2H3,(H,19,22). The normalized spacial score (nSPS) is 24.3. The lowest BCUT2D eigenvalue weighted by Gasteiger charge is -2.36. The van der Waals surface area contributed by atoms with E-state index in [0.717, 1.165) is 64.7 Å². The Morgan fingerprint density at radius 1 is 1.12 bits per heavy atom. The summed E-state index contributed by atoms with van der Waals surface area (Å²) < 4.78 is 25.0. The largest absolute Gasteiger partial charge is 0.352 e. The van der Waals surface area contributed by atoms with Crippen molar-refractivity contribution in [2.24, 2.45) is 0 Å². The molecule has 1 amide bonds. The van der Waals surface area contributed by atoms with Gasteiger partial charge in [0.05, 0.1) is 12.8 Å². The molecular weight excluding hydrogens is 340 g/mol. The molecule has 2 aliphatic heterocycles. The summed E-state index contributed by atoms with van der Waals surface area (Å²) in [5, 5.41) is 3.19. The van der Waals surface area contributed by atoms with Crippen LogP contribution in [0.1, 0.15) is 45.4 Å². The number of sulfonamides is 1. The minimum Gasteiger partial charge on any atom is -0.352 e. The highest BCUT2D eigenvalue weighted by Gasteiger charge is 2.26. The van der Waals surface area contributed by atoms with Gasteiger partial charge in [0.1, 0.15) is 0 Å². The minimum absolute atomic E-state index is 0.109. The zero-order chi connectivity index (χ0) is 18.3. The molecule has 0 radical (unpaired) electrons. The number of hydrogen-bond donors (Lipinski definition) is 2. The van der Waals surface area contributed by atoms with Crippen molar-refractivity contribution >= 4 is 15.9 Å². The Labute approximate surface area is 152 Å². The second kappa shape index (κ2) is 9.85. The number of carbonyl (C=O) groups excluding carboxylic acids is 1. The number of carbonyl (C=O) groups is 1. The molecule has 0 aromatic rings. The molecule has 2 heterocycles. The average Bonchev–Trinajstić information content (AvgIpc) is 2.56. The maximum atomic E-state index is 12.4. The molecule has 0 aromatic carbocycles. The van der Waals surface area contributed by atoms with E-state index >= 15 is 0 Å². The average molecular weight is 375 g/mol. The molecule has 0 spiro atoms. The molecule has 146 valence electrons. The predicted molar refractivity (Wildman–Crippen MR) is 100.0 cm³/mol. The van der Waals surface area contributed by atoms with Crippen LogP contribution < -0.4 is 10.0 Å². The first kappa shape index (κ1) is 20.6. The predicted octanol–water partition coefficient (Wildman–Crippen LogP) is 0.381. The number of amides is 1. The summed E-state index contributed by atoms with van der Waals surface area (Å²) in [6, 6.07) is 0.584. The minimum atomic E-state index is -3.14. The van der Waals surface area contributed by atoms with Crippen LogP contribution in [-0.2, 0) is 14.8 Å². The van der Waals surface area contributed by atoms with Crippen LogP contribution in [0.4, 0.5) is 0 Å². The van der Waals surface area contributed by atoms with Crippen LogP contribution in [-0.4, -0.2) is 81.7 Å². The molecule has 1 atom stereocenters. The van der Waals surface area contributed by atoms with Crippen LogP contribution in [0.25, 0.3) is 0 Å². The zero-order valence-corrected chi connectivity index (χ0v) is 16.5. The van der Waals surface area contributed by atoms with E-state index in [1.807, 2.05) is 0 Å². The number of piperidine rings is 2. The molecule has 0 saturated carbocycles. The van der Waals surface area contributed by atoms with Crippen molar-refractivity contribution in [1.82, 2.24) is 19.8 Å². The Hall–Kier alpha value is -0.700. The Bertz CT molecular complexity index is 518. The van der Waals surface area contributed by atoms with Crippen molar-refractivity contribution in [3.63, 3.8) is 0 Å². The Kier molecular flexibility index (Phi) is 8.12. The maximum Gasteiger partial charge on any atom is 0.234 e. The molecule has 0 aromatic heterocycles. The van der Waals surface area contributed by atoms with Gasteiger partial charge in [-0.1, -0.05) is 13.3 Å². The van der Waals surface area contributed by atoms with Gasteiger partial charge in [0.15, 0.2) is 0 Å². The molecule has 2 N–H and O–H groups in total. The first-order valence-electron chi connectivity index (χ1n) is 9.58. The van der Waals surface area contributed by atoms with E-state index in [0.29, 0.717) is 19.1 Å². The van der Waals surface area contributed by atoms with E-state index in [1.54, 1.807) is 0 Å². The van der Waals surface area contributed by atoms with E-state index in [2.05, 4.69) is 26.8 Å². The fourth-order valence-electron chi connectivity index (χ4n) is 3.86. The van der Waals surface area contributed by atoms with Gasteiger partial charge < -0.3 is 10.2 Å². The van der Waals surface area contributed by atoms with Crippen molar-refractivity contribution in [2.75, 3.05) is 45.5 Å². The Morgan fingerprint density at radius 2 is 1.84 bits per heavy atom. The Morgan fingerprint density at radius 3 is 2.48 bits per heavy atom. The lowest BCUT2D eigenvalue weighted by Crippen LogP contribution is -2.50. The van der Waals surface area contributed by atoms with E-state index in [-0.39, 0.29) is 11.9 Å². The van der Waals surface area contributed by atoms with Gasteiger partial charge in [-0.05, 0) is 45.2 Å². The third-order valence-electron chi connectivity index (χ3n) is 5.34. The van der Waals surface area contributed by atoms with Gasteiger partial charge in [-0.2, -0.15) is 0 Å². The molecule has 2 aliphatic rings. The van der Waals surface area contributed by atoms with Crippen molar-refractivity contribution in [3.8, 4) is 0 Å². The summed E-state index contributed by atoms with van der Waals surface area (Å²) in [7, 11) is -3.14. The van der Waals surface area contributed by atoms with Crippen LogP contribution in [0.2, 0.25) is 0 Å². The third-order valence-corrected chi connectivity index (χ3v) is 6.07. The summed E-state index contributed by atoms with van der Waals surface area (Å²) in [5.41, 5.74) is 0. The van der Waals surface area contributed by atoms with Crippen molar-refractivity contribution in [3.05, 3.63) is 0 Å². The summed E-state index contributed by atoms with van der Waals surface area (Å²) >= 11 is 0. The van der Waals surface area contributed by atoms with E-state index in [4.69, 9.17) is 0 Å². The molecule has 2 rings (SSSR count). The first-order valence-corrected chi connectivity index (χ1v) is 11.5. The van der Waals surface area contributed by atoms with Crippen LogP contribution in [0, 0.1) is 0 Å². The molecule has 7 nitrogen and oxygen atoms in total. The second-order valence-electron chi connectivity index (χ2n) is 7.35. The quantitative estimate of drug-likeness (QED) is 0.642. The van der Waals surface area contributed by atoms with Gasteiger partial charge in [-0.25, -0.2) is 13.1 Å². The molecule has 1 unspecified atom stereocenters. The molecule has 25 heavy (non-hydrogen) atoms. The Balaban J connectivity index is 1.75. The van der Waals surface area contributed by atoms with E-state index in [9.17, 15) is 13.2 Å². The SMILES string of the molecule is CCN1CCC(NC(=O)CN2CCCCC2CCNS(C)(=O)=O)CC1. The van der Waals surface area contributed by atoms with Gasteiger partial charge >= 0.3 is 0 Å². The monoisotopic (exact) mass is 374 g/mol. The van der Waals surface area contributed by atoms with Crippen LogP contribution in [0.15, 0.2) is 0 Å². The van der Waals surface area contributed by atoms with Crippen LogP contribution >= 0.6 is 0 Å². The summed E-state index contributed by atoms with van der Waals surface area (Å²) in [4.78, 5) is 17.1. The summed E-state index contributed by atoms with van der Waals surface area (Å²) in [6.45, 7) is 7.17. The lowest BCUT2D eigenvalue weighted by molar-refractivity contribution is -0.124. The second-order valence-corrected chi connectivity index (χ2v) is 9.18. The van der Waals surface area contributed by atoms with E-state index in [1.165, 1.54) is 6.26 Å². The van der Waals surface area contributed by atoms with Gasteiger partial charge in [-0.3, -0.25) is 9.69 Å². The van der Waals surface area contributed by atoms with Crippen LogP contribution in [0.3, 0.4) is 0 Å². The third kappa shape index (κ3) is 7.60. The molecular formula is C17H34N4O3S. The van der Waals surface area contributed by atoms with E-state index < -0.39 is 10.0 Å². The number of nitrogens with one attached hydrogen (secondary N) is 2. The number of hydrogen-bond acceptors (Lipinski definition) is 5. The molecule has 0 aliphatic carbocycles. The fourth-order valence-corrected chi connectivity index (χ4v) is 4.35. The molecule has 2 saturated heterocycles. The highest BCUT2D eigenvalue weighted by Crippen LogP contribution is 2.19. The van der Waals surface area contributed by atoms with Gasteiger partial charge in [-0.15, -0.1) is 0 Å². The maximum absolute atomic E-state index is 12.4. The first-order chi connectivity index (χ1) is 11.9. The van der Waals surface area contributed by atoms with Crippen molar-refractivity contribution in [2.45, 2.75) is 57.5 Å². The number of likely N-dealkylation sites (tertiary alicyclic amines) is 2. The number of rotatable bonds is 8. The van der Waals surface area contributed by atoms with Gasteiger partial charge in [0.2, 0.25) is 15.9 Å². The highest BCUT2D eigenvalue weighted by atomic mass is 32.2. The van der Waals surface area contributed by atoms with Crippen molar-refractivity contribution < 1.29 is 13.2 Å². The molecule has 2 fully saturated rings. The fraction of sp³-hybridized carbons (Fsp3) is 0.941. The van der Waals surface area contributed by atoms with Crippen molar-refractivity contribution in [1.29, 1.82) is 0 Å². The van der Waals surface area contributed by atoms with Gasteiger partial charge in [0.25, 0.3) is 0 Å². The molecule has 8 heteroatoms. The summed E-state index contributed by atoms with van der Waals surface area (Å²) in [6.07, 6.45) is 7.30. The smallest absolute Gasteiger partial charge is 0.234 e. The zero-order valence-electron chi connectivity index (χ0n) is 15.7. The topological polar surface area (TPSA) is 81.8 Å². The lowest BCUT2D eigenvalue weighted by atomic mass is 9.99.